The molecule has 6 heteroatoms. The van der Waals surface area contributed by atoms with Gasteiger partial charge >= 0.3 is 5.97 Å². The molecule has 0 bridgehead atoms. The molecule has 0 aliphatic heterocycles. The largest absolute Gasteiger partial charge is 0.480 e. The van der Waals surface area contributed by atoms with E-state index in [9.17, 15) is 18.0 Å². The summed E-state index contributed by atoms with van der Waals surface area (Å²) >= 11 is 0. The number of hydrogen-bond acceptors (Lipinski definition) is 2. The fraction of sp³-hybridized carbons (Fsp3) is 0.364. The number of carboxylic acid groups (broad SMARTS) is 1. The van der Waals surface area contributed by atoms with Crippen LogP contribution in [0.3, 0.4) is 0 Å². The van der Waals surface area contributed by atoms with E-state index in [0.717, 1.165) is 0 Å². The van der Waals surface area contributed by atoms with E-state index in [-0.39, 0.29) is 5.92 Å². The molecule has 1 saturated carbocycles. The molecule has 0 spiro atoms. The quantitative estimate of drug-likeness (QED) is 0.856. The zero-order valence-corrected chi connectivity index (χ0v) is 8.71. The highest BCUT2D eigenvalue weighted by molar-refractivity contribution is 5.78. The molecule has 92 valence electrons. The van der Waals surface area contributed by atoms with Crippen molar-refractivity contribution < 1.29 is 23.1 Å². The van der Waals surface area contributed by atoms with E-state index in [0.29, 0.717) is 25.0 Å². The Hall–Kier alpha value is -1.72. The highest BCUT2D eigenvalue weighted by atomic mass is 19.1. The third-order valence-corrected chi connectivity index (χ3v) is 2.67. The van der Waals surface area contributed by atoms with Crippen LogP contribution in [-0.2, 0) is 4.79 Å². The predicted molar refractivity (Wildman–Crippen MR) is 54.1 cm³/mol. The normalized spacial score (nSPS) is 16.6. The SMILES string of the molecule is O=C(O)C(Nc1c(F)cc(F)cc1F)C1CC1. The van der Waals surface area contributed by atoms with Gasteiger partial charge in [-0.1, -0.05) is 0 Å². The molecule has 1 aromatic carbocycles. The van der Waals surface area contributed by atoms with Crippen molar-refractivity contribution in [1.82, 2.24) is 0 Å². The van der Waals surface area contributed by atoms with Gasteiger partial charge in [0.15, 0.2) is 11.6 Å². The first kappa shape index (κ1) is 11.8. The Morgan fingerprint density at radius 2 is 1.82 bits per heavy atom. The van der Waals surface area contributed by atoms with E-state index >= 15 is 0 Å². The number of carboxylic acids is 1. The van der Waals surface area contributed by atoms with Crippen molar-refractivity contribution in [2.24, 2.45) is 5.92 Å². The number of anilines is 1. The van der Waals surface area contributed by atoms with Crippen LogP contribution >= 0.6 is 0 Å². The minimum absolute atomic E-state index is 0.128. The first-order valence-electron chi connectivity index (χ1n) is 5.13. The van der Waals surface area contributed by atoms with Crippen molar-refractivity contribution in [2.45, 2.75) is 18.9 Å². The summed E-state index contributed by atoms with van der Waals surface area (Å²) < 4.78 is 39.2. The topological polar surface area (TPSA) is 49.3 Å². The molecular formula is C11H10F3NO2. The summed E-state index contributed by atoms with van der Waals surface area (Å²) in [5.41, 5.74) is -0.592. The van der Waals surface area contributed by atoms with Crippen LogP contribution in [0.15, 0.2) is 12.1 Å². The van der Waals surface area contributed by atoms with Gasteiger partial charge in [0, 0.05) is 12.1 Å². The van der Waals surface area contributed by atoms with Crippen molar-refractivity contribution in [3.05, 3.63) is 29.6 Å². The monoisotopic (exact) mass is 245 g/mol. The average Bonchev–Trinajstić information content (AvgIpc) is 2.99. The Morgan fingerprint density at radius 3 is 2.24 bits per heavy atom. The Bertz CT molecular complexity index is 437. The van der Waals surface area contributed by atoms with Gasteiger partial charge in [-0.15, -0.1) is 0 Å². The van der Waals surface area contributed by atoms with Gasteiger partial charge in [0.25, 0.3) is 0 Å². The van der Waals surface area contributed by atoms with Gasteiger partial charge in [0.1, 0.15) is 17.5 Å². The lowest BCUT2D eigenvalue weighted by molar-refractivity contribution is -0.138. The van der Waals surface area contributed by atoms with Gasteiger partial charge in [-0.3, -0.25) is 0 Å². The maximum absolute atomic E-state index is 13.3. The molecule has 1 aromatic rings. The number of carbonyl (C=O) groups is 1. The van der Waals surface area contributed by atoms with Crippen molar-refractivity contribution in [3.8, 4) is 0 Å². The summed E-state index contributed by atoms with van der Waals surface area (Å²) in [4.78, 5) is 10.9. The first-order valence-corrected chi connectivity index (χ1v) is 5.13. The Kier molecular flexibility index (Phi) is 2.95. The predicted octanol–water partition coefficient (Wildman–Crippen LogP) is 2.38. The molecule has 1 fully saturated rings. The smallest absolute Gasteiger partial charge is 0.326 e. The van der Waals surface area contributed by atoms with Crippen LogP contribution < -0.4 is 5.32 Å². The molecule has 1 unspecified atom stereocenters. The lowest BCUT2D eigenvalue weighted by Gasteiger charge is -2.16. The highest BCUT2D eigenvalue weighted by Gasteiger charge is 2.37. The summed E-state index contributed by atoms with van der Waals surface area (Å²) in [6.45, 7) is 0. The molecule has 2 N–H and O–H groups in total. The molecule has 0 amide bonds. The number of aliphatic carboxylic acids is 1. The van der Waals surface area contributed by atoms with Crippen molar-refractivity contribution in [3.63, 3.8) is 0 Å². The maximum Gasteiger partial charge on any atom is 0.326 e. The second-order valence-electron chi connectivity index (χ2n) is 4.04. The molecule has 0 radical (unpaired) electrons. The van der Waals surface area contributed by atoms with E-state index in [1.165, 1.54) is 0 Å². The molecule has 17 heavy (non-hydrogen) atoms. The van der Waals surface area contributed by atoms with Gasteiger partial charge in [0.2, 0.25) is 0 Å². The van der Waals surface area contributed by atoms with E-state index < -0.39 is 35.2 Å². The summed E-state index contributed by atoms with van der Waals surface area (Å²) in [5, 5.41) is 11.2. The lowest BCUT2D eigenvalue weighted by Crippen LogP contribution is -2.32. The molecule has 0 heterocycles. The molecule has 1 atom stereocenters. The Balaban J connectivity index is 2.25. The van der Waals surface area contributed by atoms with Crippen LogP contribution in [0.1, 0.15) is 12.8 Å². The summed E-state index contributed by atoms with van der Waals surface area (Å²) in [6, 6.07) is -0.0153. The van der Waals surface area contributed by atoms with Crippen LogP contribution in [0, 0.1) is 23.4 Å². The number of halogens is 3. The summed E-state index contributed by atoms with van der Waals surface area (Å²) in [7, 11) is 0. The third kappa shape index (κ3) is 2.51. The van der Waals surface area contributed by atoms with Crippen molar-refractivity contribution in [2.75, 3.05) is 5.32 Å². The fourth-order valence-corrected chi connectivity index (χ4v) is 1.65. The van der Waals surface area contributed by atoms with Crippen molar-refractivity contribution in [1.29, 1.82) is 0 Å². The highest BCUT2D eigenvalue weighted by Crippen LogP contribution is 2.35. The number of hydrogen-bond donors (Lipinski definition) is 2. The van der Waals surface area contributed by atoms with E-state index in [1.54, 1.807) is 0 Å². The molecular weight excluding hydrogens is 235 g/mol. The standard InChI is InChI=1S/C11H10F3NO2/c12-6-3-7(13)10(8(14)4-6)15-9(11(16)17)5-1-2-5/h3-5,9,15H,1-2H2,(H,16,17). The van der Waals surface area contributed by atoms with Crippen LogP contribution in [0.4, 0.5) is 18.9 Å². The first-order chi connectivity index (χ1) is 7.99. The van der Waals surface area contributed by atoms with Gasteiger partial charge < -0.3 is 10.4 Å². The van der Waals surface area contributed by atoms with Gasteiger partial charge in [-0.05, 0) is 18.8 Å². The molecule has 0 saturated heterocycles. The molecule has 1 aliphatic rings. The Labute approximate surface area is 95.3 Å². The molecule has 3 nitrogen and oxygen atoms in total. The van der Waals surface area contributed by atoms with E-state index in [4.69, 9.17) is 5.11 Å². The van der Waals surface area contributed by atoms with Crippen LogP contribution in [0.2, 0.25) is 0 Å². The second-order valence-corrected chi connectivity index (χ2v) is 4.04. The molecule has 2 rings (SSSR count). The van der Waals surface area contributed by atoms with Crippen LogP contribution in [0.5, 0.6) is 0 Å². The van der Waals surface area contributed by atoms with Crippen LogP contribution in [-0.4, -0.2) is 17.1 Å². The zero-order chi connectivity index (χ0) is 12.6. The fourth-order valence-electron chi connectivity index (χ4n) is 1.65. The molecule has 0 aromatic heterocycles. The maximum atomic E-state index is 13.3. The third-order valence-electron chi connectivity index (χ3n) is 2.67. The van der Waals surface area contributed by atoms with Crippen LogP contribution in [0.25, 0.3) is 0 Å². The molecule has 1 aliphatic carbocycles. The number of nitrogens with one attached hydrogen (secondary N) is 1. The average molecular weight is 245 g/mol. The van der Waals surface area contributed by atoms with E-state index in [1.807, 2.05) is 0 Å². The minimum Gasteiger partial charge on any atom is -0.480 e. The lowest BCUT2D eigenvalue weighted by atomic mass is 10.1. The van der Waals surface area contributed by atoms with Gasteiger partial charge in [-0.25, -0.2) is 18.0 Å². The Morgan fingerprint density at radius 1 is 1.29 bits per heavy atom. The zero-order valence-electron chi connectivity index (χ0n) is 8.71. The van der Waals surface area contributed by atoms with Gasteiger partial charge in [0.05, 0.1) is 0 Å². The number of rotatable bonds is 4. The van der Waals surface area contributed by atoms with Crippen molar-refractivity contribution >= 4 is 11.7 Å². The summed E-state index contributed by atoms with van der Waals surface area (Å²) in [6.07, 6.45) is 1.41. The van der Waals surface area contributed by atoms with E-state index in [2.05, 4.69) is 5.32 Å². The summed E-state index contributed by atoms with van der Waals surface area (Å²) in [5.74, 6) is -4.60. The minimum atomic E-state index is -1.17. The second kappa shape index (κ2) is 4.27. The van der Waals surface area contributed by atoms with Gasteiger partial charge in [-0.2, -0.15) is 0 Å². The number of benzene rings is 1.